The van der Waals surface area contributed by atoms with E-state index in [-0.39, 0.29) is 16.8 Å². The molecular formula is C16H10N4O3. The molecule has 4 aromatic rings. The highest BCUT2D eigenvalue weighted by atomic mass is 16.4. The minimum atomic E-state index is -1.04. The van der Waals surface area contributed by atoms with Crippen LogP contribution in [0.5, 0.6) is 0 Å². The minimum Gasteiger partial charge on any atom is -0.478 e. The van der Waals surface area contributed by atoms with Crippen LogP contribution in [-0.4, -0.2) is 30.7 Å². The van der Waals surface area contributed by atoms with Crippen molar-refractivity contribution in [1.82, 2.24) is 19.6 Å². The van der Waals surface area contributed by atoms with Crippen molar-refractivity contribution in [2.75, 3.05) is 0 Å². The predicted octanol–water partition coefficient (Wildman–Crippen LogP) is 1.94. The molecule has 0 bridgehead atoms. The highest BCUT2D eigenvalue weighted by Crippen LogP contribution is 2.21. The predicted molar refractivity (Wildman–Crippen MR) is 83.5 cm³/mol. The first-order chi connectivity index (χ1) is 11.1. The molecule has 7 heteroatoms. The molecule has 2 N–H and O–H groups in total. The zero-order valence-electron chi connectivity index (χ0n) is 11.7. The van der Waals surface area contributed by atoms with Gasteiger partial charge in [-0.25, -0.2) is 4.79 Å². The molecule has 23 heavy (non-hydrogen) atoms. The van der Waals surface area contributed by atoms with Gasteiger partial charge in [-0.3, -0.25) is 9.20 Å². The molecule has 2 heterocycles. The quantitative estimate of drug-likeness (QED) is 0.589. The fraction of sp³-hybridized carbons (Fsp3) is 0. The number of fused-ring (bicyclic) bond motifs is 3. The van der Waals surface area contributed by atoms with Crippen molar-refractivity contribution in [2.24, 2.45) is 0 Å². The van der Waals surface area contributed by atoms with Crippen LogP contribution >= 0.6 is 0 Å². The van der Waals surface area contributed by atoms with Crippen LogP contribution in [0.15, 0.2) is 53.3 Å². The lowest BCUT2D eigenvalue weighted by Gasteiger charge is -2.06. The average molecular weight is 306 g/mol. The van der Waals surface area contributed by atoms with E-state index in [0.717, 1.165) is 5.56 Å². The van der Waals surface area contributed by atoms with E-state index >= 15 is 0 Å². The fourth-order valence-corrected chi connectivity index (χ4v) is 2.57. The third-order valence-corrected chi connectivity index (χ3v) is 3.63. The highest BCUT2D eigenvalue weighted by molar-refractivity contribution is 5.93. The zero-order valence-corrected chi connectivity index (χ0v) is 11.7. The molecule has 0 atom stereocenters. The number of aromatic amines is 1. The molecule has 2 aromatic heterocycles. The molecule has 0 saturated carbocycles. The van der Waals surface area contributed by atoms with Crippen LogP contribution in [0.1, 0.15) is 10.4 Å². The Morgan fingerprint density at radius 3 is 2.61 bits per heavy atom. The summed E-state index contributed by atoms with van der Waals surface area (Å²) in [6.45, 7) is 0. The molecule has 0 amide bonds. The first kappa shape index (κ1) is 13.2. The van der Waals surface area contributed by atoms with E-state index in [1.165, 1.54) is 12.1 Å². The highest BCUT2D eigenvalue weighted by Gasteiger charge is 2.15. The molecule has 0 unspecified atom stereocenters. The van der Waals surface area contributed by atoms with Crippen molar-refractivity contribution < 1.29 is 9.90 Å². The van der Waals surface area contributed by atoms with Crippen LogP contribution in [0.2, 0.25) is 0 Å². The molecule has 112 valence electrons. The third kappa shape index (κ3) is 1.98. The number of nitrogens with one attached hydrogen (secondary N) is 1. The molecule has 0 saturated heterocycles. The van der Waals surface area contributed by atoms with Gasteiger partial charge in [0.15, 0.2) is 5.82 Å². The monoisotopic (exact) mass is 306 g/mol. The van der Waals surface area contributed by atoms with Gasteiger partial charge in [0, 0.05) is 5.56 Å². The summed E-state index contributed by atoms with van der Waals surface area (Å²) in [5.41, 5.74) is 1.70. The molecule has 0 aliphatic rings. The maximum absolute atomic E-state index is 12.2. The topological polar surface area (TPSA) is 100 Å². The summed E-state index contributed by atoms with van der Waals surface area (Å²) in [7, 11) is 0. The number of hydrogen-bond donors (Lipinski definition) is 2. The number of hydrogen-bond acceptors (Lipinski definition) is 4. The summed E-state index contributed by atoms with van der Waals surface area (Å²) >= 11 is 0. The zero-order chi connectivity index (χ0) is 16.0. The first-order valence-electron chi connectivity index (χ1n) is 6.85. The summed E-state index contributed by atoms with van der Waals surface area (Å²) in [6, 6.07) is 13.8. The maximum atomic E-state index is 12.2. The van der Waals surface area contributed by atoms with Crippen molar-refractivity contribution >= 4 is 22.6 Å². The number of carboxylic acid groups (broad SMARTS) is 1. The minimum absolute atomic E-state index is 0.124. The molecule has 0 aliphatic carbocycles. The van der Waals surface area contributed by atoms with Gasteiger partial charge in [-0.2, -0.15) is 0 Å². The van der Waals surface area contributed by atoms with Gasteiger partial charge in [0.05, 0.1) is 16.6 Å². The van der Waals surface area contributed by atoms with Gasteiger partial charge < -0.3 is 10.1 Å². The SMILES string of the molecule is O=C(O)c1ccc2[nH]c(=O)c3nnc(-c4ccccc4)n3c2c1. The summed E-state index contributed by atoms with van der Waals surface area (Å²) in [6.07, 6.45) is 0. The van der Waals surface area contributed by atoms with Crippen LogP contribution in [0.4, 0.5) is 0 Å². The van der Waals surface area contributed by atoms with Gasteiger partial charge in [-0.05, 0) is 18.2 Å². The molecule has 0 spiro atoms. The van der Waals surface area contributed by atoms with Gasteiger partial charge in [0.1, 0.15) is 0 Å². The summed E-state index contributed by atoms with van der Waals surface area (Å²) < 4.78 is 1.58. The number of aromatic carboxylic acids is 1. The summed E-state index contributed by atoms with van der Waals surface area (Å²) in [5, 5.41) is 17.2. The second-order valence-electron chi connectivity index (χ2n) is 5.04. The molecule has 2 aromatic carbocycles. The number of benzene rings is 2. The van der Waals surface area contributed by atoms with Crippen LogP contribution in [0.3, 0.4) is 0 Å². The van der Waals surface area contributed by atoms with Crippen molar-refractivity contribution in [1.29, 1.82) is 0 Å². The number of carbonyl (C=O) groups is 1. The smallest absolute Gasteiger partial charge is 0.335 e. The first-order valence-corrected chi connectivity index (χ1v) is 6.85. The number of rotatable bonds is 2. The second-order valence-corrected chi connectivity index (χ2v) is 5.04. The molecule has 0 fully saturated rings. The van der Waals surface area contributed by atoms with Crippen molar-refractivity contribution in [3.63, 3.8) is 0 Å². The molecule has 4 rings (SSSR count). The third-order valence-electron chi connectivity index (χ3n) is 3.63. The molecule has 0 radical (unpaired) electrons. The molecule has 0 aliphatic heterocycles. The van der Waals surface area contributed by atoms with Gasteiger partial charge in [0.25, 0.3) is 5.56 Å². The van der Waals surface area contributed by atoms with E-state index in [1.807, 2.05) is 30.3 Å². The van der Waals surface area contributed by atoms with E-state index in [9.17, 15) is 14.7 Å². The van der Waals surface area contributed by atoms with E-state index in [0.29, 0.717) is 16.9 Å². The van der Waals surface area contributed by atoms with Crippen LogP contribution in [0.25, 0.3) is 28.1 Å². The Morgan fingerprint density at radius 2 is 1.87 bits per heavy atom. The Morgan fingerprint density at radius 1 is 1.09 bits per heavy atom. The Hall–Kier alpha value is -3.48. The number of H-pyrrole nitrogens is 1. The second kappa shape index (κ2) is 4.77. The van der Waals surface area contributed by atoms with Crippen molar-refractivity contribution in [2.45, 2.75) is 0 Å². The maximum Gasteiger partial charge on any atom is 0.335 e. The van der Waals surface area contributed by atoms with E-state index < -0.39 is 5.97 Å². The van der Waals surface area contributed by atoms with Gasteiger partial charge in [-0.1, -0.05) is 30.3 Å². The number of nitrogens with zero attached hydrogens (tertiary/aromatic N) is 3. The Labute approximate surface area is 128 Å². The van der Waals surface area contributed by atoms with E-state index in [1.54, 1.807) is 10.5 Å². The van der Waals surface area contributed by atoms with Crippen LogP contribution < -0.4 is 5.56 Å². The van der Waals surface area contributed by atoms with E-state index in [4.69, 9.17) is 0 Å². The van der Waals surface area contributed by atoms with Crippen LogP contribution in [0, 0.1) is 0 Å². The lowest BCUT2D eigenvalue weighted by molar-refractivity contribution is 0.0697. The van der Waals surface area contributed by atoms with Crippen molar-refractivity contribution in [3.05, 3.63) is 64.4 Å². The molecular weight excluding hydrogens is 296 g/mol. The average Bonchev–Trinajstić information content (AvgIpc) is 3.01. The van der Waals surface area contributed by atoms with Crippen molar-refractivity contribution in [3.8, 4) is 11.4 Å². The standard InChI is InChI=1S/C16H10N4O3/c21-15-14-19-18-13(9-4-2-1-3-5-9)20(14)12-8-10(16(22)23)6-7-11(12)17-15/h1-8H,(H,17,21)(H,22,23). The fourth-order valence-electron chi connectivity index (χ4n) is 2.57. The summed E-state index contributed by atoms with van der Waals surface area (Å²) in [5.74, 6) is -0.556. The van der Waals surface area contributed by atoms with Gasteiger partial charge in [0.2, 0.25) is 5.65 Å². The number of aromatic nitrogens is 4. The lowest BCUT2D eigenvalue weighted by Crippen LogP contribution is -2.12. The van der Waals surface area contributed by atoms with Gasteiger partial charge >= 0.3 is 5.97 Å². The number of carboxylic acids is 1. The largest absolute Gasteiger partial charge is 0.478 e. The Kier molecular flexibility index (Phi) is 2.74. The van der Waals surface area contributed by atoms with Crippen LogP contribution in [-0.2, 0) is 0 Å². The van der Waals surface area contributed by atoms with E-state index in [2.05, 4.69) is 15.2 Å². The lowest BCUT2D eigenvalue weighted by atomic mass is 10.1. The Balaban J connectivity index is 2.17. The normalized spacial score (nSPS) is 11.1. The molecule has 7 nitrogen and oxygen atoms in total. The summed E-state index contributed by atoms with van der Waals surface area (Å²) in [4.78, 5) is 26.1. The Bertz CT molecular complexity index is 1110. The van der Waals surface area contributed by atoms with Gasteiger partial charge in [-0.15, -0.1) is 10.2 Å².